The maximum absolute atomic E-state index is 12.5. The molecule has 0 atom stereocenters. The van der Waals surface area contributed by atoms with Crippen molar-refractivity contribution >= 4 is 5.91 Å². The summed E-state index contributed by atoms with van der Waals surface area (Å²) in [4.78, 5) is 17.1. The van der Waals surface area contributed by atoms with Crippen LogP contribution in [-0.2, 0) is 18.4 Å². The van der Waals surface area contributed by atoms with Gasteiger partial charge >= 0.3 is 0 Å². The highest BCUT2D eigenvalue weighted by molar-refractivity contribution is 5.85. The fourth-order valence-electron chi connectivity index (χ4n) is 4.49. The Bertz CT molecular complexity index is 635. The first-order chi connectivity index (χ1) is 12.6. The van der Waals surface area contributed by atoms with Gasteiger partial charge in [0, 0.05) is 31.5 Å². The Kier molecular flexibility index (Phi) is 5.04. The van der Waals surface area contributed by atoms with E-state index in [0.29, 0.717) is 11.8 Å². The van der Waals surface area contributed by atoms with Crippen molar-refractivity contribution in [3.63, 3.8) is 0 Å². The lowest BCUT2D eigenvalue weighted by Gasteiger charge is -2.33. The second-order valence-corrected chi connectivity index (χ2v) is 8.85. The van der Waals surface area contributed by atoms with Gasteiger partial charge in [0.05, 0.1) is 6.54 Å². The largest absolute Gasteiger partial charge is 0.342 e. The number of carbonyl (C=O) groups is 1. The van der Waals surface area contributed by atoms with Crippen LogP contribution in [0, 0.1) is 5.41 Å². The van der Waals surface area contributed by atoms with Crippen LogP contribution in [-0.4, -0.2) is 56.7 Å². The zero-order valence-electron chi connectivity index (χ0n) is 16.4. The number of rotatable bonds is 4. The van der Waals surface area contributed by atoms with Crippen molar-refractivity contribution in [2.45, 2.75) is 70.8 Å². The van der Waals surface area contributed by atoms with Crippen LogP contribution >= 0.6 is 0 Å². The Balaban J connectivity index is 1.35. The number of aromatic nitrogens is 3. The quantitative estimate of drug-likeness (QED) is 0.829. The summed E-state index contributed by atoms with van der Waals surface area (Å²) in [5.74, 6) is 3.00. The first kappa shape index (κ1) is 18.0. The molecule has 2 saturated heterocycles. The first-order valence-corrected chi connectivity index (χ1v) is 10.5. The lowest BCUT2D eigenvalue weighted by Crippen LogP contribution is -2.41. The van der Waals surface area contributed by atoms with Gasteiger partial charge in [0.2, 0.25) is 5.91 Å². The van der Waals surface area contributed by atoms with Gasteiger partial charge in [-0.1, -0.05) is 19.8 Å². The number of piperidine rings is 1. The molecule has 3 aliphatic rings. The Morgan fingerprint density at radius 1 is 1.04 bits per heavy atom. The van der Waals surface area contributed by atoms with Crippen molar-refractivity contribution in [2.75, 3.05) is 26.2 Å². The van der Waals surface area contributed by atoms with Crippen LogP contribution in [0.25, 0.3) is 0 Å². The minimum Gasteiger partial charge on any atom is -0.342 e. The van der Waals surface area contributed by atoms with E-state index in [-0.39, 0.29) is 5.41 Å². The van der Waals surface area contributed by atoms with Crippen molar-refractivity contribution in [1.82, 2.24) is 24.6 Å². The molecule has 0 spiro atoms. The van der Waals surface area contributed by atoms with Crippen LogP contribution < -0.4 is 0 Å². The van der Waals surface area contributed by atoms with E-state index in [2.05, 4.69) is 38.5 Å². The van der Waals surface area contributed by atoms with Gasteiger partial charge in [0.25, 0.3) is 0 Å². The van der Waals surface area contributed by atoms with Gasteiger partial charge < -0.3 is 9.47 Å². The molecular formula is C20H33N5O. The predicted molar refractivity (Wildman–Crippen MR) is 101 cm³/mol. The first-order valence-electron chi connectivity index (χ1n) is 10.5. The van der Waals surface area contributed by atoms with E-state index in [0.717, 1.165) is 57.0 Å². The van der Waals surface area contributed by atoms with Gasteiger partial charge in [-0.15, -0.1) is 10.2 Å². The average Bonchev–Trinajstić information content (AvgIpc) is 3.37. The SMILES string of the molecule is Cn1c(CN2CCCCCC2)nnc1C1CCN(C(=O)C2(C)CC2)CC1. The molecule has 3 fully saturated rings. The Morgan fingerprint density at radius 3 is 2.31 bits per heavy atom. The number of hydrogen-bond donors (Lipinski definition) is 0. The number of likely N-dealkylation sites (tertiary alicyclic amines) is 2. The minimum absolute atomic E-state index is 0.0437. The predicted octanol–water partition coefficient (Wildman–Crippen LogP) is 2.70. The maximum atomic E-state index is 12.5. The van der Waals surface area contributed by atoms with E-state index in [1.807, 2.05) is 0 Å². The summed E-state index contributed by atoms with van der Waals surface area (Å²) in [6, 6.07) is 0. The molecule has 1 aromatic rings. The van der Waals surface area contributed by atoms with E-state index >= 15 is 0 Å². The molecule has 0 bridgehead atoms. The zero-order valence-corrected chi connectivity index (χ0v) is 16.4. The molecule has 6 nitrogen and oxygen atoms in total. The normalized spacial score (nSPS) is 24.5. The van der Waals surface area contributed by atoms with E-state index in [4.69, 9.17) is 0 Å². The van der Waals surface area contributed by atoms with Gasteiger partial charge in [-0.2, -0.15) is 0 Å². The summed E-state index contributed by atoms with van der Waals surface area (Å²) in [5.41, 5.74) is -0.0437. The molecule has 0 N–H and O–H groups in total. The van der Waals surface area contributed by atoms with Crippen molar-refractivity contribution < 1.29 is 4.79 Å². The fourth-order valence-corrected chi connectivity index (χ4v) is 4.49. The van der Waals surface area contributed by atoms with Crippen LogP contribution in [0.4, 0.5) is 0 Å². The second-order valence-electron chi connectivity index (χ2n) is 8.85. The highest BCUT2D eigenvalue weighted by Crippen LogP contribution is 2.47. The van der Waals surface area contributed by atoms with Crippen LogP contribution in [0.1, 0.15) is 75.9 Å². The highest BCUT2D eigenvalue weighted by Gasteiger charge is 2.47. The molecule has 1 amide bonds. The highest BCUT2D eigenvalue weighted by atomic mass is 16.2. The maximum Gasteiger partial charge on any atom is 0.228 e. The molecule has 26 heavy (non-hydrogen) atoms. The Morgan fingerprint density at radius 2 is 1.69 bits per heavy atom. The third kappa shape index (κ3) is 3.66. The molecule has 0 radical (unpaired) electrons. The van der Waals surface area contributed by atoms with Crippen molar-refractivity contribution in [2.24, 2.45) is 12.5 Å². The van der Waals surface area contributed by atoms with E-state index in [1.165, 1.54) is 38.8 Å². The summed E-state index contributed by atoms with van der Waals surface area (Å²) in [7, 11) is 2.12. The van der Waals surface area contributed by atoms with E-state index in [9.17, 15) is 4.79 Å². The Hall–Kier alpha value is -1.43. The van der Waals surface area contributed by atoms with Gasteiger partial charge in [-0.3, -0.25) is 9.69 Å². The van der Waals surface area contributed by atoms with Crippen LogP contribution in [0.3, 0.4) is 0 Å². The van der Waals surface area contributed by atoms with Crippen molar-refractivity contribution in [3.05, 3.63) is 11.6 Å². The molecule has 6 heteroatoms. The molecule has 1 aliphatic carbocycles. The van der Waals surface area contributed by atoms with Gasteiger partial charge in [0.1, 0.15) is 11.6 Å². The third-order valence-electron chi connectivity index (χ3n) is 6.73. The summed E-state index contributed by atoms with van der Waals surface area (Å²) < 4.78 is 2.22. The lowest BCUT2D eigenvalue weighted by atomic mass is 9.94. The smallest absolute Gasteiger partial charge is 0.228 e. The average molecular weight is 360 g/mol. The summed E-state index contributed by atoms with van der Waals surface area (Å²) in [5, 5.41) is 9.05. The van der Waals surface area contributed by atoms with Crippen molar-refractivity contribution in [1.29, 1.82) is 0 Å². The number of amides is 1. The standard InChI is InChI=1S/C20H33N5O/c1-20(9-10-20)19(26)25-13-7-16(8-14-25)18-22-21-17(23(18)2)15-24-11-5-3-4-6-12-24/h16H,3-15H2,1-2H3. The number of hydrogen-bond acceptors (Lipinski definition) is 4. The monoisotopic (exact) mass is 359 g/mol. The lowest BCUT2D eigenvalue weighted by molar-refractivity contribution is -0.137. The molecular weight excluding hydrogens is 326 g/mol. The molecule has 4 rings (SSSR count). The number of carbonyl (C=O) groups excluding carboxylic acids is 1. The van der Waals surface area contributed by atoms with E-state index in [1.54, 1.807) is 0 Å². The van der Waals surface area contributed by atoms with Gasteiger partial charge in [-0.25, -0.2) is 0 Å². The summed E-state index contributed by atoms with van der Waals surface area (Å²) in [6.07, 6.45) is 9.47. The molecule has 1 saturated carbocycles. The fraction of sp³-hybridized carbons (Fsp3) is 0.850. The molecule has 3 heterocycles. The number of nitrogens with zero attached hydrogens (tertiary/aromatic N) is 5. The Labute approximate surface area is 156 Å². The van der Waals surface area contributed by atoms with Crippen LogP contribution in [0.2, 0.25) is 0 Å². The third-order valence-corrected chi connectivity index (χ3v) is 6.73. The van der Waals surface area contributed by atoms with E-state index < -0.39 is 0 Å². The second kappa shape index (κ2) is 7.29. The molecule has 2 aliphatic heterocycles. The minimum atomic E-state index is -0.0437. The zero-order chi connectivity index (χ0) is 18.1. The summed E-state index contributed by atoms with van der Waals surface area (Å²) >= 11 is 0. The molecule has 0 unspecified atom stereocenters. The van der Waals surface area contributed by atoms with Crippen molar-refractivity contribution in [3.8, 4) is 0 Å². The van der Waals surface area contributed by atoms with Gasteiger partial charge in [0.15, 0.2) is 0 Å². The van der Waals surface area contributed by atoms with Gasteiger partial charge in [-0.05, 0) is 51.6 Å². The molecule has 0 aromatic carbocycles. The van der Waals surface area contributed by atoms with Crippen LogP contribution in [0.5, 0.6) is 0 Å². The molecule has 1 aromatic heterocycles. The van der Waals surface area contributed by atoms with Crippen LogP contribution in [0.15, 0.2) is 0 Å². The topological polar surface area (TPSA) is 54.3 Å². The molecule has 144 valence electrons. The summed E-state index contributed by atoms with van der Waals surface area (Å²) in [6.45, 7) is 7.13.